The molecule has 0 amide bonds. The van der Waals surface area contributed by atoms with Crippen LogP contribution in [0.25, 0.3) is 0 Å². The topological polar surface area (TPSA) is 107 Å². The molecule has 0 rings (SSSR count). The second kappa shape index (κ2) is 4.03. The number of hydrogen-bond acceptors (Lipinski definition) is 5. The maximum Gasteiger partial charge on any atom is 0.326 e. The highest BCUT2D eigenvalue weighted by Crippen LogP contribution is 2.05. The summed E-state index contributed by atoms with van der Waals surface area (Å²) in [5, 5.41) is 0. The van der Waals surface area contributed by atoms with Crippen LogP contribution >= 0.6 is 0 Å². The van der Waals surface area contributed by atoms with Gasteiger partial charge in [0.25, 0.3) is 10.1 Å². The monoisotopic (exact) mass is 211 g/mol. The van der Waals surface area contributed by atoms with E-state index in [1.165, 1.54) is 6.92 Å². The number of nitrogens with two attached hydrogens (primary N) is 1. The summed E-state index contributed by atoms with van der Waals surface area (Å²) in [7, 11) is -4.27. The SMILES string of the molecule is CCOC(=O)C(C)(N)CS(=O)(=O)O. The molecule has 7 heteroatoms. The van der Waals surface area contributed by atoms with Crippen LogP contribution in [-0.4, -0.2) is 36.8 Å². The summed E-state index contributed by atoms with van der Waals surface area (Å²) < 4.78 is 33.8. The highest BCUT2D eigenvalue weighted by atomic mass is 32.2. The summed E-state index contributed by atoms with van der Waals surface area (Å²) in [4.78, 5) is 11.0. The van der Waals surface area contributed by atoms with Crippen LogP contribution in [0.5, 0.6) is 0 Å². The molecular weight excluding hydrogens is 198 g/mol. The van der Waals surface area contributed by atoms with Crippen molar-refractivity contribution in [2.45, 2.75) is 19.4 Å². The number of rotatable bonds is 4. The Balaban J connectivity index is 4.49. The number of carbonyl (C=O) groups is 1. The average molecular weight is 211 g/mol. The third-order valence-corrected chi connectivity index (χ3v) is 2.19. The third-order valence-electron chi connectivity index (χ3n) is 1.22. The molecule has 0 aromatic heterocycles. The van der Waals surface area contributed by atoms with Crippen LogP contribution in [0.1, 0.15) is 13.8 Å². The van der Waals surface area contributed by atoms with Crippen LogP contribution in [0.15, 0.2) is 0 Å². The number of esters is 1. The predicted octanol–water partition coefficient (Wildman–Crippen LogP) is -0.845. The maximum atomic E-state index is 11.0. The van der Waals surface area contributed by atoms with Crippen LogP contribution < -0.4 is 5.73 Å². The van der Waals surface area contributed by atoms with Gasteiger partial charge in [-0.25, -0.2) is 0 Å². The molecular formula is C6H13NO5S. The Morgan fingerprint density at radius 2 is 2.08 bits per heavy atom. The second-order valence-electron chi connectivity index (χ2n) is 2.86. The zero-order valence-corrected chi connectivity index (χ0v) is 8.30. The Kier molecular flexibility index (Phi) is 3.83. The van der Waals surface area contributed by atoms with Crippen molar-refractivity contribution in [2.75, 3.05) is 12.4 Å². The lowest BCUT2D eigenvalue weighted by Crippen LogP contribution is -2.51. The van der Waals surface area contributed by atoms with Gasteiger partial charge in [0.05, 0.1) is 6.61 Å². The minimum Gasteiger partial charge on any atom is -0.465 e. The maximum absolute atomic E-state index is 11.0. The summed E-state index contributed by atoms with van der Waals surface area (Å²) in [6, 6.07) is 0. The van der Waals surface area contributed by atoms with E-state index >= 15 is 0 Å². The molecule has 6 nitrogen and oxygen atoms in total. The summed E-state index contributed by atoms with van der Waals surface area (Å²) in [5.74, 6) is -1.70. The van der Waals surface area contributed by atoms with Crippen LogP contribution in [0.4, 0.5) is 0 Å². The van der Waals surface area contributed by atoms with Crippen LogP contribution in [0, 0.1) is 0 Å². The summed E-state index contributed by atoms with van der Waals surface area (Å²) >= 11 is 0. The van der Waals surface area contributed by atoms with Gasteiger partial charge in [0.2, 0.25) is 0 Å². The van der Waals surface area contributed by atoms with E-state index in [2.05, 4.69) is 4.74 Å². The van der Waals surface area contributed by atoms with Crippen molar-refractivity contribution in [3.8, 4) is 0 Å². The minimum absolute atomic E-state index is 0.108. The fraction of sp³-hybridized carbons (Fsp3) is 0.833. The minimum atomic E-state index is -4.27. The van der Waals surface area contributed by atoms with Crippen molar-refractivity contribution in [1.82, 2.24) is 0 Å². The molecule has 0 aliphatic heterocycles. The van der Waals surface area contributed by atoms with E-state index in [4.69, 9.17) is 10.3 Å². The molecule has 0 aromatic rings. The summed E-state index contributed by atoms with van der Waals surface area (Å²) in [6.07, 6.45) is 0. The lowest BCUT2D eigenvalue weighted by Gasteiger charge is -2.19. The molecule has 0 aliphatic rings. The van der Waals surface area contributed by atoms with Gasteiger partial charge in [0.1, 0.15) is 11.3 Å². The molecule has 1 unspecified atom stereocenters. The molecule has 0 fully saturated rings. The van der Waals surface area contributed by atoms with E-state index in [9.17, 15) is 13.2 Å². The van der Waals surface area contributed by atoms with Crippen molar-refractivity contribution in [1.29, 1.82) is 0 Å². The zero-order chi connectivity index (χ0) is 10.7. The van der Waals surface area contributed by atoms with Crippen molar-refractivity contribution in [3.63, 3.8) is 0 Å². The van der Waals surface area contributed by atoms with E-state index in [1.807, 2.05) is 0 Å². The van der Waals surface area contributed by atoms with Crippen LogP contribution in [0.2, 0.25) is 0 Å². The molecule has 0 saturated carbocycles. The highest BCUT2D eigenvalue weighted by molar-refractivity contribution is 7.85. The average Bonchev–Trinajstić information content (AvgIpc) is 1.82. The van der Waals surface area contributed by atoms with Crippen molar-refractivity contribution in [3.05, 3.63) is 0 Å². The Morgan fingerprint density at radius 1 is 1.62 bits per heavy atom. The Morgan fingerprint density at radius 3 is 2.38 bits per heavy atom. The largest absolute Gasteiger partial charge is 0.465 e. The molecule has 0 saturated heterocycles. The summed E-state index contributed by atoms with van der Waals surface area (Å²) in [6.45, 7) is 2.86. The molecule has 0 heterocycles. The molecule has 0 bridgehead atoms. The predicted molar refractivity (Wildman–Crippen MR) is 45.6 cm³/mol. The second-order valence-corrected chi connectivity index (χ2v) is 4.32. The number of carbonyl (C=O) groups excluding carboxylic acids is 1. The van der Waals surface area contributed by atoms with Gasteiger partial charge < -0.3 is 10.5 Å². The molecule has 3 N–H and O–H groups in total. The Bertz CT molecular complexity index is 281. The Labute approximate surface area is 76.8 Å². The molecule has 0 spiro atoms. The molecule has 0 aromatic carbocycles. The lowest BCUT2D eigenvalue weighted by atomic mass is 10.1. The van der Waals surface area contributed by atoms with Gasteiger partial charge in [-0.1, -0.05) is 0 Å². The highest BCUT2D eigenvalue weighted by Gasteiger charge is 2.34. The molecule has 13 heavy (non-hydrogen) atoms. The molecule has 0 aliphatic carbocycles. The summed E-state index contributed by atoms with van der Waals surface area (Å²) in [5.41, 5.74) is 3.61. The first-order valence-electron chi connectivity index (χ1n) is 3.60. The van der Waals surface area contributed by atoms with Gasteiger partial charge in [0, 0.05) is 0 Å². The zero-order valence-electron chi connectivity index (χ0n) is 7.48. The van der Waals surface area contributed by atoms with Gasteiger partial charge in [-0.05, 0) is 13.8 Å². The molecule has 0 radical (unpaired) electrons. The van der Waals surface area contributed by atoms with E-state index < -0.39 is 27.4 Å². The van der Waals surface area contributed by atoms with E-state index in [0.29, 0.717) is 0 Å². The van der Waals surface area contributed by atoms with Crippen molar-refractivity contribution < 1.29 is 22.5 Å². The first kappa shape index (κ1) is 12.3. The Hall–Kier alpha value is -0.660. The van der Waals surface area contributed by atoms with Crippen molar-refractivity contribution in [2.24, 2.45) is 5.73 Å². The quantitative estimate of drug-likeness (QED) is 0.463. The van der Waals surface area contributed by atoms with Crippen molar-refractivity contribution >= 4 is 16.1 Å². The van der Waals surface area contributed by atoms with Gasteiger partial charge in [-0.15, -0.1) is 0 Å². The van der Waals surface area contributed by atoms with E-state index in [-0.39, 0.29) is 6.61 Å². The lowest BCUT2D eigenvalue weighted by molar-refractivity contribution is -0.148. The van der Waals surface area contributed by atoms with Gasteiger partial charge in [-0.2, -0.15) is 8.42 Å². The van der Waals surface area contributed by atoms with Gasteiger partial charge in [0.15, 0.2) is 0 Å². The smallest absolute Gasteiger partial charge is 0.326 e. The first-order chi connectivity index (χ1) is 5.69. The first-order valence-corrected chi connectivity index (χ1v) is 5.21. The van der Waals surface area contributed by atoms with E-state index in [0.717, 1.165) is 0 Å². The number of hydrogen-bond donors (Lipinski definition) is 2. The van der Waals surface area contributed by atoms with E-state index in [1.54, 1.807) is 6.92 Å². The van der Waals surface area contributed by atoms with Gasteiger partial charge >= 0.3 is 5.97 Å². The standard InChI is InChI=1S/C6H13NO5S/c1-3-12-5(8)6(2,7)4-13(9,10)11/h3-4,7H2,1-2H3,(H,9,10,11). The fourth-order valence-corrected chi connectivity index (χ4v) is 1.61. The van der Waals surface area contributed by atoms with Crippen LogP contribution in [-0.2, 0) is 19.6 Å². The van der Waals surface area contributed by atoms with Gasteiger partial charge in [-0.3, -0.25) is 9.35 Å². The fourth-order valence-electron chi connectivity index (χ4n) is 0.734. The third kappa shape index (κ3) is 4.81. The normalized spacial score (nSPS) is 16.3. The molecule has 78 valence electrons. The number of ether oxygens (including phenoxy) is 1. The van der Waals surface area contributed by atoms with Crippen LogP contribution in [0.3, 0.4) is 0 Å². The molecule has 1 atom stereocenters.